The molecular formula is C14H12ClN3S. The van der Waals surface area contributed by atoms with E-state index in [4.69, 9.17) is 11.6 Å². The van der Waals surface area contributed by atoms with Crippen LogP contribution in [0.15, 0.2) is 35.7 Å². The summed E-state index contributed by atoms with van der Waals surface area (Å²) in [6, 6.07) is 10.2. The fraction of sp³-hybridized carbons (Fsp3) is 0.143. The van der Waals surface area contributed by atoms with E-state index < -0.39 is 0 Å². The van der Waals surface area contributed by atoms with Gasteiger partial charge in [0.2, 0.25) is 5.28 Å². The summed E-state index contributed by atoms with van der Waals surface area (Å²) >= 11 is 7.53. The van der Waals surface area contributed by atoms with Crippen molar-refractivity contribution >= 4 is 44.7 Å². The van der Waals surface area contributed by atoms with Crippen molar-refractivity contribution in [3.05, 3.63) is 46.6 Å². The lowest BCUT2D eigenvalue weighted by molar-refractivity contribution is 1.14. The Labute approximate surface area is 120 Å². The normalized spacial score (nSPS) is 10.8. The summed E-state index contributed by atoms with van der Waals surface area (Å²) < 4.78 is 0. The van der Waals surface area contributed by atoms with Crippen LogP contribution < -0.4 is 5.32 Å². The zero-order valence-corrected chi connectivity index (χ0v) is 11.9. The summed E-state index contributed by atoms with van der Waals surface area (Å²) in [5, 5.41) is 6.63. The number of fused-ring (bicyclic) bond motifs is 1. The molecule has 0 saturated heterocycles. The summed E-state index contributed by atoms with van der Waals surface area (Å²) in [5.74, 6) is 0.761. The van der Waals surface area contributed by atoms with Crippen LogP contribution in [0.2, 0.25) is 5.28 Å². The molecule has 0 fully saturated rings. The number of aromatic nitrogens is 2. The molecule has 5 heteroatoms. The molecule has 0 aliphatic heterocycles. The number of nitrogens with zero attached hydrogens (tertiary/aromatic N) is 2. The second kappa shape index (κ2) is 5.15. The van der Waals surface area contributed by atoms with E-state index in [1.54, 1.807) is 11.3 Å². The second-order valence-corrected chi connectivity index (χ2v) is 5.35. The van der Waals surface area contributed by atoms with Crippen molar-refractivity contribution in [3.8, 4) is 0 Å². The molecule has 0 spiro atoms. The number of nitrogens with one attached hydrogen (secondary N) is 1. The molecule has 3 nitrogen and oxygen atoms in total. The number of halogens is 1. The molecule has 0 bridgehead atoms. The molecule has 0 amide bonds. The van der Waals surface area contributed by atoms with E-state index in [9.17, 15) is 0 Å². The van der Waals surface area contributed by atoms with Crippen LogP contribution in [0, 0.1) is 0 Å². The van der Waals surface area contributed by atoms with Crippen LogP contribution in [0.25, 0.3) is 10.2 Å². The van der Waals surface area contributed by atoms with Crippen LogP contribution in [0.3, 0.4) is 0 Å². The molecule has 19 heavy (non-hydrogen) atoms. The summed E-state index contributed by atoms with van der Waals surface area (Å²) in [6.45, 7) is 2.13. The number of hydrogen-bond donors (Lipinski definition) is 1. The minimum Gasteiger partial charge on any atom is -0.339 e. The van der Waals surface area contributed by atoms with Crippen LogP contribution in [0.5, 0.6) is 0 Å². The van der Waals surface area contributed by atoms with E-state index in [0.29, 0.717) is 0 Å². The van der Waals surface area contributed by atoms with Gasteiger partial charge in [0.15, 0.2) is 0 Å². The molecule has 0 aliphatic carbocycles. The molecule has 3 rings (SSSR count). The molecule has 0 atom stereocenters. The van der Waals surface area contributed by atoms with Gasteiger partial charge in [-0.1, -0.05) is 25.1 Å². The lowest BCUT2D eigenvalue weighted by atomic mass is 10.1. The van der Waals surface area contributed by atoms with Gasteiger partial charge in [0, 0.05) is 5.69 Å². The second-order valence-electron chi connectivity index (χ2n) is 4.12. The van der Waals surface area contributed by atoms with Gasteiger partial charge in [-0.3, -0.25) is 0 Å². The first-order valence-electron chi connectivity index (χ1n) is 6.03. The number of hydrogen-bond acceptors (Lipinski definition) is 4. The van der Waals surface area contributed by atoms with E-state index in [2.05, 4.69) is 28.3 Å². The van der Waals surface area contributed by atoms with E-state index >= 15 is 0 Å². The quantitative estimate of drug-likeness (QED) is 0.713. The third-order valence-corrected chi connectivity index (χ3v) is 3.92. The van der Waals surface area contributed by atoms with Gasteiger partial charge in [0.1, 0.15) is 10.6 Å². The topological polar surface area (TPSA) is 37.8 Å². The predicted molar refractivity (Wildman–Crippen MR) is 81.5 cm³/mol. The van der Waals surface area contributed by atoms with Crippen LogP contribution in [0.1, 0.15) is 12.5 Å². The number of anilines is 2. The van der Waals surface area contributed by atoms with Crippen molar-refractivity contribution in [2.75, 3.05) is 5.32 Å². The lowest BCUT2D eigenvalue weighted by Crippen LogP contribution is -1.98. The van der Waals surface area contributed by atoms with Crippen molar-refractivity contribution < 1.29 is 0 Å². The Morgan fingerprint density at radius 2 is 2.05 bits per heavy atom. The molecule has 2 heterocycles. The monoisotopic (exact) mass is 289 g/mol. The largest absolute Gasteiger partial charge is 0.339 e. The van der Waals surface area contributed by atoms with Gasteiger partial charge in [-0.2, -0.15) is 4.98 Å². The number of aryl methyl sites for hydroxylation is 1. The van der Waals surface area contributed by atoms with Gasteiger partial charge in [-0.25, -0.2) is 4.98 Å². The molecule has 0 aliphatic rings. The van der Waals surface area contributed by atoms with E-state index in [0.717, 1.165) is 28.1 Å². The van der Waals surface area contributed by atoms with Gasteiger partial charge in [0.25, 0.3) is 0 Å². The first-order valence-corrected chi connectivity index (χ1v) is 7.29. The highest BCUT2D eigenvalue weighted by Gasteiger charge is 2.09. The van der Waals surface area contributed by atoms with Gasteiger partial charge < -0.3 is 5.32 Å². The van der Waals surface area contributed by atoms with Gasteiger partial charge >= 0.3 is 0 Å². The molecule has 0 unspecified atom stereocenters. The van der Waals surface area contributed by atoms with Crippen molar-refractivity contribution in [1.82, 2.24) is 9.97 Å². The summed E-state index contributed by atoms with van der Waals surface area (Å²) in [4.78, 5) is 9.41. The third-order valence-electron chi connectivity index (χ3n) is 2.95. The van der Waals surface area contributed by atoms with Crippen molar-refractivity contribution in [3.63, 3.8) is 0 Å². The zero-order chi connectivity index (χ0) is 13.2. The average Bonchev–Trinajstić information content (AvgIpc) is 2.87. The van der Waals surface area contributed by atoms with Crippen LogP contribution in [-0.4, -0.2) is 9.97 Å². The maximum absolute atomic E-state index is 5.97. The number of rotatable bonds is 3. The van der Waals surface area contributed by atoms with Crippen LogP contribution in [-0.2, 0) is 6.42 Å². The minimum absolute atomic E-state index is 0.270. The molecule has 0 radical (unpaired) electrons. The molecule has 96 valence electrons. The number of thiophene rings is 1. The molecule has 2 aromatic heterocycles. The molecule has 1 aromatic carbocycles. The highest BCUT2D eigenvalue weighted by molar-refractivity contribution is 7.16. The first-order chi connectivity index (χ1) is 9.28. The summed E-state index contributed by atoms with van der Waals surface area (Å²) in [6.07, 6.45) is 0.967. The van der Waals surface area contributed by atoms with E-state index in [1.807, 2.05) is 29.6 Å². The number of para-hydroxylation sites is 1. The van der Waals surface area contributed by atoms with Gasteiger partial charge in [0.05, 0.1) is 5.39 Å². The van der Waals surface area contributed by atoms with Gasteiger partial charge in [-0.05, 0) is 41.1 Å². The Kier molecular flexibility index (Phi) is 3.36. The molecule has 0 saturated carbocycles. The zero-order valence-electron chi connectivity index (χ0n) is 10.4. The smallest absolute Gasteiger partial charge is 0.225 e. The van der Waals surface area contributed by atoms with E-state index in [-0.39, 0.29) is 5.28 Å². The maximum Gasteiger partial charge on any atom is 0.225 e. The molecule has 1 N–H and O–H groups in total. The van der Waals surface area contributed by atoms with Crippen molar-refractivity contribution in [2.45, 2.75) is 13.3 Å². The van der Waals surface area contributed by atoms with Crippen molar-refractivity contribution in [2.24, 2.45) is 0 Å². The van der Waals surface area contributed by atoms with Crippen LogP contribution in [0.4, 0.5) is 11.5 Å². The van der Waals surface area contributed by atoms with Crippen LogP contribution >= 0.6 is 22.9 Å². The third kappa shape index (κ3) is 2.41. The SMILES string of the molecule is CCc1ccccc1Nc1nc(Cl)nc2sccc12. The summed E-state index contributed by atoms with van der Waals surface area (Å²) in [5.41, 5.74) is 2.31. The Bertz CT molecular complexity index is 724. The predicted octanol–water partition coefficient (Wildman–Crippen LogP) is 4.65. The minimum atomic E-state index is 0.270. The van der Waals surface area contributed by atoms with E-state index in [1.165, 1.54) is 5.56 Å². The Morgan fingerprint density at radius 3 is 2.89 bits per heavy atom. The van der Waals surface area contributed by atoms with Gasteiger partial charge in [-0.15, -0.1) is 11.3 Å². The number of benzene rings is 1. The highest BCUT2D eigenvalue weighted by atomic mass is 35.5. The fourth-order valence-corrected chi connectivity index (χ4v) is 2.99. The standard InChI is InChI=1S/C14H12ClN3S/c1-2-9-5-3-4-6-11(9)16-12-10-7-8-19-13(10)18-14(15)17-12/h3-8H,2H2,1H3,(H,16,17,18). The molecule has 3 aromatic rings. The fourth-order valence-electron chi connectivity index (χ4n) is 2.00. The maximum atomic E-state index is 5.97. The Morgan fingerprint density at radius 1 is 1.21 bits per heavy atom. The van der Waals surface area contributed by atoms with Crippen molar-refractivity contribution in [1.29, 1.82) is 0 Å². The lowest BCUT2D eigenvalue weighted by Gasteiger charge is -2.10. The average molecular weight is 290 g/mol. The first kappa shape index (κ1) is 12.4. The summed E-state index contributed by atoms with van der Waals surface area (Å²) in [7, 11) is 0. The Hall–Kier alpha value is -1.65. The Balaban J connectivity index is 2.07. The molecular weight excluding hydrogens is 278 g/mol. The highest BCUT2D eigenvalue weighted by Crippen LogP contribution is 2.29.